The first-order valence-corrected chi connectivity index (χ1v) is 8.72. The quantitative estimate of drug-likeness (QED) is 0.303. The molecule has 0 aliphatic carbocycles. The Bertz CT molecular complexity index is 695. The molecule has 0 aliphatic rings. The van der Waals surface area contributed by atoms with Crippen molar-refractivity contribution >= 4 is 16.3 Å². The van der Waals surface area contributed by atoms with E-state index in [1.807, 2.05) is 13.0 Å². The van der Waals surface area contributed by atoms with Crippen LogP contribution in [0.5, 0.6) is 0 Å². The number of terminal acetylenes is 1. The lowest BCUT2D eigenvalue weighted by Crippen LogP contribution is -2.31. The fourth-order valence-corrected chi connectivity index (χ4v) is 3.11. The second kappa shape index (κ2) is 9.78. The molecule has 5 heteroatoms. The number of unbranched alkanes of at least 4 members (excludes halogenated alkanes) is 1. The van der Waals surface area contributed by atoms with Crippen LogP contribution >= 0.6 is 0 Å². The molecule has 0 aromatic heterocycles. The molecule has 0 bridgehead atoms. The lowest BCUT2D eigenvalue weighted by molar-refractivity contribution is -0.107. The minimum Gasteiger partial charge on any atom is -0.303 e. The summed E-state index contributed by atoms with van der Waals surface area (Å²) in [5.41, 5.74) is 0.993. The van der Waals surface area contributed by atoms with Crippen molar-refractivity contribution in [3.8, 4) is 12.3 Å². The lowest BCUT2D eigenvalue weighted by Gasteiger charge is -2.18. The summed E-state index contributed by atoms with van der Waals surface area (Å²) in [6.45, 7) is 2.10. The fraction of sp³-hybridized carbons (Fsp3) is 0.278. The predicted molar refractivity (Wildman–Crippen MR) is 92.3 cm³/mol. The monoisotopic (exact) mass is 331 g/mol. The molecule has 0 heterocycles. The number of aldehydes is 1. The highest BCUT2D eigenvalue weighted by Gasteiger charge is 2.22. The molecule has 0 spiro atoms. The van der Waals surface area contributed by atoms with E-state index in [0.29, 0.717) is 12.8 Å². The van der Waals surface area contributed by atoms with E-state index in [9.17, 15) is 13.2 Å². The first kappa shape index (κ1) is 18.9. The minimum atomic E-state index is -3.61. The van der Waals surface area contributed by atoms with Crippen molar-refractivity contribution in [3.05, 3.63) is 54.1 Å². The lowest BCUT2D eigenvalue weighted by atomic mass is 10.2. The zero-order valence-electron chi connectivity index (χ0n) is 13.2. The van der Waals surface area contributed by atoms with Crippen molar-refractivity contribution in [2.75, 3.05) is 13.1 Å². The molecule has 23 heavy (non-hydrogen) atoms. The Morgan fingerprint density at radius 2 is 1.78 bits per heavy atom. The van der Waals surface area contributed by atoms with Crippen LogP contribution in [-0.4, -0.2) is 32.1 Å². The molecule has 0 fully saturated rings. The zero-order valence-corrected chi connectivity index (χ0v) is 14.0. The fourth-order valence-electron chi connectivity index (χ4n) is 1.80. The highest BCUT2D eigenvalue weighted by atomic mass is 32.2. The Morgan fingerprint density at radius 1 is 1.13 bits per heavy atom. The van der Waals surface area contributed by atoms with Crippen molar-refractivity contribution in [2.45, 2.75) is 24.7 Å². The zero-order chi connectivity index (χ0) is 17.1. The third-order valence-electron chi connectivity index (χ3n) is 3.07. The van der Waals surface area contributed by atoms with Crippen molar-refractivity contribution < 1.29 is 13.2 Å². The molecule has 0 saturated heterocycles. The summed E-state index contributed by atoms with van der Waals surface area (Å²) in [6.07, 6.45) is 14.4. The van der Waals surface area contributed by atoms with Gasteiger partial charge >= 0.3 is 0 Å². The van der Waals surface area contributed by atoms with Crippen LogP contribution < -0.4 is 0 Å². The van der Waals surface area contributed by atoms with Gasteiger partial charge in [-0.15, -0.1) is 6.42 Å². The van der Waals surface area contributed by atoms with Crippen molar-refractivity contribution in [1.29, 1.82) is 0 Å². The van der Waals surface area contributed by atoms with Crippen LogP contribution in [0.1, 0.15) is 18.4 Å². The van der Waals surface area contributed by atoms with E-state index >= 15 is 0 Å². The van der Waals surface area contributed by atoms with Gasteiger partial charge in [0, 0.05) is 13.0 Å². The standard InChI is InChI=1S/C18H21NO3S/c1-3-14-19(15-8-6-4-5-7-9-16-20)23(21,22)18-12-10-17(2)11-13-18/h1,4-6,8,10-13,16H,7,9,14-15H2,2H3/b5-4+,8-6+. The predicted octanol–water partition coefficient (Wildman–Crippen LogP) is 2.71. The van der Waals surface area contributed by atoms with Gasteiger partial charge in [-0.3, -0.25) is 0 Å². The summed E-state index contributed by atoms with van der Waals surface area (Å²) in [5.74, 6) is 2.38. The van der Waals surface area contributed by atoms with Gasteiger partial charge in [-0.25, -0.2) is 8.42 Å². The first-order valence-electron chi connectivity index (χ1n) is 7.28. The van der Waals surface area contributed by atoms with E-state index in [-0.39, 0.29) is 18.0 Å². The Kier molecular flexibility index (Phi) is 8.03. The topological polar surface area (TPSA) is 54.5 Å². The number of nitrogens with zero attached hydrogens (tertiary/aromatic N) is 1. The van der Waals surface area contributed by atoms with Gasteiger partial charge in [0.2, 0.25) is 10.0 Å². The number of benzene rings is 1. The van der Waals surface area contributed by atoms with Gasteiger partial charge in [-0.2, -0.15) is 4.31 Å². The maximum Gasteiger partial charge on any atom is 0.244 e. The maximum absolute atomic E-state index is 12.6. The average Bonchev–Trinajstić information content (AvgIpc) is 2.53. The van der Waals surface area contributed by atoms with Crippen molar-refractivity contribution in [2.24, 2.45) is 0 Å². The van der Waals surface area contributed by atoms with Gasteiger partial charge in [-0.1, -0.05) is 47.9 Å². The third kappa shape index (κ3) is 6.23. The molecular formula is C18H21NO3S. The van der Waals surface area contributed by atoms with Gasteiger partial charge in [0.05, 0.1) is 11.4 Å². The minimum absolute atomic E-state index is 0.00933. The van der Waals surface area contributed by atoms with Crippen LogP contribution in [0.4, 0.5) is 0 Å². The van der Waals surface area contributed by atoms with Crippen molar-refractivity contribution in [1.82, 2.24) is 4.31 Å². The number of aryl methyl sites for hydroxylation is 1. The summed E-state index contributed by atoms with van der Waals surface area (Å²) in [7, 11) is -3.61. The normalized spacial score (nSPS) is 12.0. The Morgan fingerprint density at radius 3 is 2.39 bits per heavy atom. The maximum atomic E-state index is 12.6. The molecule has 0 radical (unpaired) electrons. The number of carbonyl (C=O) groups is 1. The molecular weight excluding hydrogens is 310 g/mol. The van der Waals surface area contributed by atoms with E-state index in [1.54, 1.807) is 42.5 Å². The highest BCUT2D eigenvalue weighted by molar-refractivity contribution is 7.89. The molecule has 122 valence electrons. The molecule has 0 aliphatic heterocycles. The van der Waals surface area contributed by atoms with E-state index in [1.165, 1.54) is 4.31 Å². The van der Waals surface area contributed by atoms with Gasteiger partial charge in [0.1, 0.15) is 6.29 Å². The molecule has 1 aromatic carbocycles. The summed E-state index contributed by atoms with van der Waals surface area (Å²) >= 11 is 0. The van der Waals surface area contributed by atoms with E-state index in [0.717, 1.165) is 11.8 Å². The van der Waals surface area contributed by atoms with Gasteiger partial charge in [-0.05, 0) is 25.5 Å². The molecule has 0 N–H and O–H groups in total. The van der Waals surface area contributed by atoms with E-state index in [4.69, 9.17) is 6.42 Å². The highest BCUT2D eigenvalue weighted by Crippen LogP contribution is 2.16. The van der Waals surface area contributed by atoms with E-state index < -0.39 is 10.0 Å². The number of hydrogen-bond donors (Lipinski definition) is 0. The third-order valence-corrected chi connectivity index (χ3v) is 4.90. The molecule has 4 nitrogen and oxygen atoms in total. The number of allylic oxidation sites excluding steroid dienone is 3. The average molecular weight is 331 g/mol. The molecule has 1 aromatic rings. The van der Waals surface area contributed by atoms with Crippen LogP contribution in [0.2, 0.25) is 0 Å². The summed E-state index contributed by atoms with van der Waals surface area (Å²) in [4.78, 5) is 10.4. The number of hydrogen-bond acceptors (Lipinski definition) is 3. The molecule has 0 saturated carbocycles. The number of rotatable bonds is 9. The smallest absolute Gasteiger partial charge is 0.244 e. The van der Waals surface area contributed by atoms with Crippen LogP contribution in [0, 0.1) is 19.3 Å². The molecule has 0 unspecified atom stereocenters. The van der Waals surface area contributed by atoms with Gasteiger partial charge < -0.3 is 4.79 Å². The van der Waals surface area contributed by atoms with Crippen molar-refractivity contribution in [3.63, 3.8) is 0 Å². The number of sulfonamides is 1. The number of carbonyl (C=O) groups excluding carboxylic acids is 1. The Labute approximate surface area is 138 Å². The van der Waals surface area contributed by atoms with Crippen LogP contribution in [0.3, 0.4) is 0 Å². The first-order chi connectivity index (χ1) is 11.0. The summed E-state index contributed by atoms with van der Waals surface area (Å²) in [6, 6.07) is 6.67. The summed E-state index contributed by atoms with van der Waals surface area (Å²) < 4.78 is 26.4. The second-order valence-corrected chi connectivity index (χ2v) is 6.85. The Balaban J connectivity index is 2.79. The molecule has 0 amide bonds. The Hall–Kier alpha value is -2.16. The van der Waals surface area contributed by atoms with E-state index in [2.05, 4.69) is 5.92 Å². The second-order valence-electron chi connectivity index (χ2n) is 4.92. The van der Waals surface area contributed by atoms with Gasteiger partial charge in [0.15, 0.2) is 0 Å². The van der Waals surface area contributed by atoms with Gasteiger partial charge in [0.25, 0.3) is 0 Å². The summed E-state index contributed by atoms with van der Waals surface area (Å²) in [5, 5.41) is 0. The SMILES string of the molecule is C#CCN(C/C=C/C=C/CCC=O)S(=O)(=O)c1ccc(C)cc1. The largest absolute Gasteiger partial charge is 0.303 e. The van der Waals surface area contributed by atoms with Crippen LogP contribution in [0.25, 0.3) is 0 Å². The molecule has 0 atom stereocenters. The molecule has 1 rings (SSSR count). The van der Waals surface area contributed by atoms with Crippen LogP contribution in [-0.2, 0) is 14.8 Å². The van der Waals surface area contributed by atoms with Crippen LogP contribution in [0.15, 0.2) is 53.5 Å².